The minimum absolute atomic E-state index is 0.0471. The van der Waals surface area contributed by atoms with E-state index < -0.39 is 46.2 Å². The second kappa shape index (κ2) is 5.47. The van der Waals surface area contributed by atoms with Crippen molar-refractivity contribution in [1.82, 2.24) is 0 Å². The molecule has 27 heavy (non-hydrogen) atoms. The number of alkyl halides is 2. The average molecular weight is 382 g/mol. The van der Waals surface area contributed by atoms with Crippen LogP contribution in [0.2, 0.25) is 0 Å². The molecule has 4 aliphatic carbocycles. The number of hydrogen-bond acceptors (Lipinski definition) is 4. The number of hydrogen-bond donors (Lipinski definition) is 2. The molecule has 0 spiro atoms. The summed E-state index contributed by atoms with van der Waals surface area (Å²) in [6.45, 7) is 4.69. The summed E-state index contributed by atoms with van der Waals surface area (Å²) in [5.41, 5.74) is -5.76. The van der Waals surface area contributed by atoms with E-state index >= 15 is 8.78 Å². The molecule has 6 heteroatoms. The number of aliphatic hydroxyl groups is 2. The third kappa shape index (κ3) is 2.04. The number of allylic oxidation sites excluding steroid dienone is 1. The van der Waals surface area contributed by atoms with Crippen molar-refractivity contribution >= 4 is 11.6 Å². The molecule has 0 aliphatic heterocycles. The van der Waals surface area contributed by atoms with Gasteiger partial charge in [0.1, 0.15) is 17.4 Å². The van der Waals surface area contributed by atoms with Gasteiger partial charge >= 0.3 is 0 Å². The lowest BCUT2D eigenvalue weighted by Gasteiger charge is -2.63. The molecule has 4 rings (SSSR count). The van der Waals surface area contributed by atoms with Crippen molar-refractivity contribution in [2.24, 2.45) is 22.7 Å². The van der Waals surface area contributed by atoms with Crippen LogP contribution in [0.4, 0.5) is 8.78 Å². The Morgan fingerprint density at radius 1 is 1.26 bits per heavy atom. The molecule has 0 aromatic heterocycles. The maximum atomic E-state index is 16.8. The van der Waals surface area contributed by atoms with Crippen LogP contribution in [0.3, 0.4) is 0 Å². The first-order valence-electron chi connectivity index (χ1n) is 9.91. The molecular weight excluding hydrogens is 354 g/mol. The summed E-state index contributed by atoms with van der Waals surface area (Å²) in [4.78, 5) is 24.1. The minimum Gasteiger partial charge on any atom is -0.390 e. The first-order valence-corrected chi connectivity index (χ1v) is 9.91. The molecule has 0 bridgehead atoms. The van der Waals surface area contributed by atoms with Crippen LogP contribution < -0.4 is 0 Å². The van der Waals surface area contributed by atoms with Crippen LogP contribution >= 0.6 is 0 Å². The summed E-state index contributed by atoms with van der Waals surface area (Å²) >= 11 is 0. The Morgan fingerprint density at radius 3 is 2.56 bits per heavy atom. The SMILES string of the molecule is CC(=O)[C@@]1(O)CC[C@H]2[C@@H]3C[C@H](F)C4=CC(=O)CC[C@]4(C)[C@@]3(F)[C@@H](O)C[C@@]21C. The molecule has 0 radical (unpaired) electrons. The summed E-state index contributed by atoms with van der Waals surface area (Å²) in [5, 5.41) is 22.1. The fourth-order valence-electron chi connectivity index (χ4n) is 7.14. The zero-order chi connectivity index (χ0) is 20.0. The largest absolute Gasteiger partial charge is 0.390 e. The number of Topliss-reactive ketones (excluding diaryl/α,β-unsaturated/α-hetero) is 1. The fraction of sp³-hybridized carbons (Fsp3) is 0.810. The summed E-state index contributed by atoms with van der Waals surface area (Å²) in [6, 6.07) is 0. The van der Waals surface area contributed by atoms with Crippen LogP contribution in [-0.4, -0.2) is 45.3 Å². The van der Waals surface area contributed by atoms with E-state index in [4.69, 9.17) is 0 Å². The number of halogens is 2. The highest BCUT2D eigenvalue weighted by atomic mass is 19.1. The van der Waals surface area contributed by atoms with Gasteiger partial charge in [0.25, 0.3) is 0 Å². The van der Waals surface area contributed by atoms with Crippen molar-refractivity contribution < 1.29 is 28.6 Å². The Hall–Kier alpha value is -1.14. The number of carbonyl (C=O) groups is 2. The Balaban J connectivity index is 1.85. The van der Waals surface area contributed by atoms with Gasteiger partial charge in [0.15, 0.2) is 11.6 Å². The van der Waals surface area contributed by atoms with E-state index in [1.165, 1.54) is 13.0 Å². The minimum atomic E-state index is -2.08. The summed E-state index contributed by atoms with van der Waals surface area (Å²) in [5.74, 6) is -1.78. The fourth-order valence-corrected chi connectivity index (χ4v) is 7.14. The quantitative estimate of drug-likeness (QED) is 0.731. The Kier molecular flexibility index (Phi) is 3.89. The highest BCUT2D eigenvalue weighted by Gasteiger charge is 2.75. The molecule has 2 N–H and O–H groups in total. The van der Waals surface area contributed by atoms with Gasteiger partial charge < -0.3 is 10.2 Å². The Morgan fingerprint density at radius 2 is 1.93 bits per heavy atom. The van der Waals surface area contributed by atoms with E-state index in [1.54, 1.807) is 13.8 Å². The van der Waals surface area contributed by atoms with Crippen LogP contribution in [0, 0.1) is 22.7 Å². The summed E-state index contributed by atoms with van der Waals surface area (Å²) in [6.07, 6.45) is -0.874. The number of fused-ring (bicyclic) bond motifs is 5. The molecule has 0 heterocycles. The molecule has 0 aromatic carbocycles. The highest BCUT2D eigenvalue weighted by molar-refractivity contribution is 5.92. The molecule has 3 fully saturated rings. The number of rotatable bonds is 1. The van der Waals surface area contributed by atoms with E-state index in [0.717, 1.165) is 0 Å². The predicted octanol–water partition coefficient (Wildman–Crippen LogP) is 2.85. The third-order valence-corrected chi connectivity index (χ3v) is 8.76. The molecule has 0 amide bonds. The van der Waals surface area contributed by atoms with Crippen molar-refractivity contribution in [1.29, 1.82) is 0 Å². The van der Waals surface area contributed by atoms with E-state index in [0.29, 0.717) is 6.42 Å². The molecule has 0 unspecified atom stereocenters. The van der Waals surface area contributed by atoms with Gasteiger partial charge in [-0.2, -0.15) is 0 Å². The van der Waals surface area contributed by atoms with Gasteiger partial charge in [0, 0.05) is 23.2 Å². The predicted molar refractivity (Wildman–Crippen MR) is 94.4 cm³/mol. The number of ketones is 2. The van der Waals surface area contributed by atoms with Gasteiger partial charge in [0.05, 0.1) is 6.10 Å². The van der Waals surface area contributed by atoms with Crippen molar-refractivity contribution in [3.05, 3.63) is 11.6 Å². The Labute approximate surface area is 158 Å². The van der Waals surface area contributed by atoms with Crippen LogP contribution in [0.15, 0.2) is 11.6 Å². The number of carbonyl (C=O) groups excluding carboxylic acids is 2. The van der Waals surface area contributed by atoms with Gasteiger partial charge in [-0.05, 0) is 56.6 Å². The summed E-state index contributed by atoms with van der Waals surface area (Å²) < 4.78 is 31.9. The topological polar surface area (TPSA) is 74.6 Å². The number of aliphatic hydroxyl groups excluding tert-OH is 1. The molecule has 0 aromatic rings. The molecule has 4 aliphatic rings. The standard InChI is InChI=1S/C21H28F2O4/c1-11(24)20(27)7-5-13-14-9-16(22)15-8-12(25)4-6-18(15,2)21(14,23)17(26)10-19(13,20)3/h8,13-14,16-17,26-27H,4-7,9-10H2,1-3H3/t13-,14-,16-,17-,18-,19-,20-,21-/m0/s1. The second-order valence-electron chi connectivity index (χ2n) is 9.67. The van der Waals surface area contributed by atoms with Crippen LogP contribution in [-0.2, 0) is 9.59 Å². The molecular formula is C21H28F2O4. The molecule has 8 atom stereocenters. The third-order valence-electron chi connectivity index (χ3n) is 8.76. The van der Waals surface area contributed by atoms with Gasteiger partial charge in [-0.1, -0.05) is 13.8 Å². The first-order chi connectivity index (χ1) is 12.4. The summed E-state index contributed by atoms with van der Waals surface area (Å²) in [7, 11) is 0. The normalized spacial score (nSPS) is 54.6. The zero-order valence-electron chi connectivity index (χ0n) is 16.1. The van der Waals surface area contributed by atoms with Crippen LogP contribution in [0.25, 0.3) is 0 Å². The van der Waals surface area contributed by atoms with Gasteiger partial charge in [0.2, 0.25) is 0 Å². The maximum Gasteiger partial charge on any atom is 0.161 e. The average Bonchev–Trinajstić information content (AvgIpc) is 2.85. The van der Waals surface area contributed by atoms with Gasteiger partial charge in [-0.25, -0.2) is 8.78 Å². The Bertz CT molecular complexity index is 750. The van der Waals surface area contributed by atoms with Crippen molar-refractivity contribution in [2.45, 2.75) is 82.8 Å². The van der Waals surface area contributed by atoms with Crippen molar-refractivity contribution in [3.8, 4) is 0 Å². The van der Waals surface area contributed by atoms with E-state index in [-0.39, 0.29) is 49.2 Å². The van der Waals surface area contributed by atoms with Crippen molar-refractivity contribution in [2.75, 3.05) is 0 Å². The lowest BCUT2D eigenvalue weighted by Crippen LogP contribution is -2.70. The first kappa shape index (κ1) is 19.2. The molecule has 4 nitrogen and oxygen atoms in total. The second-order valence-corrected chi connectivity index (χ2v) is 9.67. The van der Waals surface area contributed by atoms with E-state index in [1.807, 2.05) is 0 Å². The lowest BCUT2D eigenvalue weighted by atomic mass is 9.43. The van der Waals surface area contributed by atoms with Gasteiger partial charge in [-0.3, -0.25) is 9.59 Å². The van der Waals surface area contributed by atoms with Crippen LogP contribution in [0.5, 0.6) is 0 Å². The molecule has 0 saturated heterocycles. The smallest absolute Gasteiger partial charge is 0.161 e. The molecule has 150 valence electrons. The van der Waals surface area contributed by atoms with E-state index in [9.17, 15) is 19.8 Å². The lowest BCUT2D eigenvalue weighted by molar-refractivity contribution is -0.231. The maximum absolute atomic E-state index is 16.8. The van der Waals surface area contributed by atoms with Crippen LogP contribution in [0.1, 0.15) is 59.3 Å². The monoisotopic (exact) mass is 382 g/mol. The zero-order valence-corrected chi connectivity index (χ0v) is 16.1. The molecule has 3 saturated carbocycles. The van der Waals surface area contributed by atoms with Crippen molar-refractivity contribution in [3.63, 3.8) is 0 Å². The van der Waals surface area contributed by atoms with Gasteiger partial charge in [-0.15, -0.1) is 0 Å². The highest BCUT2D eigenvalue weighted by Crippen LogP contribution is 2.70. The van der Waals surface area contributed by atoms with E-state index in [2.05, 4.69) is 0 Å².